The summed E-state index contributed by atoms with van der Waals surface area (Å²) in [5.74, 6) is 1.24. The highest BCUT2D eigenvalue weighted by atomic mass is 35.5. The number of aliphatic hydroxyl groups is 1. The second-order valence-electron chi connectivity index (χ2n) is 3.61. The van der Waals surface area contributed by atoms with Crippen molar-refractivity contribution in [3.63, 3.8) is 0 Å². The number of rotatable bonds is 6. The molecule has 0 aromatic heterocycles. The lowest BCUT2D eigenvalue weighted by Crippen LogP contribution is -2.02. The number of halogens is 1. The van der Waals surface area contributed by atoms with Crippen molar-refractivity contribution >= 4 is 11.6 Å². The Labute approximate surface area is 107 Å². The van der Waals surface area contributed by atoms with Gasteiger partial charge in [-0.1, -0.05) is 18.5 Å². The first-order valence-electron chi connectivity index (χ1n) is 5.91. The lowest BCUT2D eigenvalue weighted by Gasteiger charge is -2.16. The van der Waals surface area contributed by atoms with E-state index in [4.69, 9.17) is 21.1 Å². The maximum Gasteiger partial charge on any atom is 0.162 e. The molecule has 0 aliphatic rings. The second kappa shape index (κ2) is 6.72. The van der Waals surface area contributed by atoms with E-state index >= 15 is 0 Å². The molecular weight excluding hydrogens is 240 g/mol. The summed E-state index contributed by atoms with van der Waals surface area (Å²) in [5, 5.41) is 10.3. The van der Waals surface area contributed by atoms with Gasteiger partial charge in [0.15, 0.2) is 11.5 Å². The van der Waals surface area contributed by atoms with Crippen LogP contribution in [-0.4, -0.2) is 18.3 Å². The quantitative estimate of drug-likeness (QED) is 0.848. The predicted octanol–water partition coefficient (Wildman–Crippen LogP) is 3.58. The zero-order chi connectivity index (χ0) is 12.8. The van der Waals surface area contributed by atoms with E-state index in [0.717, 1.165) is 0 Å². The Morgan fingerprint density at radius 1 is 1.12 bits per heavy atom. The normalized spacial score (nSPS) is 12.3. The number of benzene rings is 1. The van der Waals surface area contributed by atoms with Crippen LogP contribution >= 0.6 is 11.6 Å². The van der Waals surface area contributed by atoms with Crippen LogP contribution in [0.3, 0.4) is 0 Å². The molecule has 1 aromatic rings. The second-order valence-corrected chi connectivity index (χ2v) is 4.02. The summed E-state index contributed by atoms with van der Waals surface area (Å²) in [4.78, 5) is 0. The molecule has 96 valence electrons. The molecule has 3 nitrogen and oxygen atoms in total. The molecule has 0 spiro atoms. The molecule has 0 amide bonds. The van der Waals surface area contributed by atoms with Crippen molar-refractivity contribution < 1.29 is 14.6 Å². The predicted molar refractivity (Wildman–Crippen MR) is 69.0 cm³/mol. The van der Waals surface area contributed by atoms with Crippen molar-refractivity contribution in [3.8, 4) is 11.5 Å². The Kier molecular flexibility index (Phi) is 5.59. The summed E-state index contributed by atoms with van der Waals surface area (Å²) in [6, 6.07) is 3.45. The van der Waals surface area contributed by atoms with Crippen LogP contribution in [0.15, 0.2) is 12.1 Å². The van der Waals surface area contributed by atoms with Crippen LogP contribution < -0.4 is 9.47 Å². The van der Waals surface area contributed by atoms with Gasteiger partial charge in [0.25, 0.3) is 0 Å². The molecule has 17 heavy (non-hydrogen) atoms. The SMILES string of the molecule is CCOc1cc(Cl)c([C@H](O)CC)cc1OCC. The van der Waals surface area contributed by atoms with E-state index < -0.39 is 6.10 Å². The standard InChI is InChI=1S/C13H19ClO3/c1-4-11(15)9-7-12(16-5-2)13(17-6-3)8-10(9)14/h7-8,11,15H,4-6H2,1-3H3/t11-/m1/s1. The van der Waals surface area contributed by atoms with Crippen LogP contribution in [0.1, 0.15) is 38.9 Å². The van der Waals surface area contributed by atoms with E-state index in [2.05, 4.69) is 0 Å². The third-order valence-electron chi connectivity index (χ3n) is 2.41. The Morgan fingerprint density at radius 3 is 2.12 bits per heavy atom. The fraction of sp³-hybridized carbons (Fsp3) is 0.538. The minimum Gasteiger partial charge on any atom is -0.490 e. The lowest BCUT2D eigenvalue weighted by atomic mass is 10.1. The zero-order valence-electron chi connectivity index (χ0n) is 10.5. The van der Waals surface area contributed by atoms with Gasteiger partial charge in [0, 0.05) is 11.6 Å². The number of hydrogen-bond acceptors (Lipinski definition) is 3. The van der Waals surface area contributed by atoms with Crippen molar-refractivity contribution in [2.45, 2.75) is 33.3 Å². The zero-order valence-corrected chi connectivity index (χ0v) is 11.3. The fourth-order valence-electron chi connectivity index (χ4n) is 1.56. The summed E-state index contributed by atoms with van der Waals surface area (Å²) < 4.78 is 10.9. The van der Waals surface area contributed by atoms with Crippen molar-refractivity contribution in [1.29, 1.82) is 0 Å². The van der Waals surface area contributed by atoms with Gasteiger partial charge in [-0.05, 0) is 26.3 Å². The van der Waals surface area contributed by atoms with Crippen LogP contribution in [0.4, 0.5) is 0 Å². The maximum absolute atomic E-state index is 9.84. The van der Waals surface area contributed by atoms with E-state index in [9.17, 15) is 5.11 Å². The summed E-state index contributed by atoms with van der Waals surface area (Å²) >= 11 is 6.12. The molecule has 0 heterocycles. The molecule has 0 bridgehead atoms. The van der Waals surface area contributed by atoms with E-state index in [0.29, 0.717) is 41.7 Å². The van der Waals surface area contributed by atoms with Gasteiger partial charge >= 0.3 is 0 Å². The van der Waals surface area contributed by atoms with Crippen LogP contribution in [0.5, 0.6) is 11.5 Å². The summed E-state index contributed by atoms with van der Waals surface area (Å²) in [6.07, 6.45) is 0.0385. The van der Waals surface area contributed by atoms with Crippen LogP contribution in [0, 0.1) is 0 Å². The van der Waals surface area contributed by atoms with E-state index in [1.165, 1.54) is 0 Å². The van der Waals surface area contributed by atoms with E-state index in [1.54, 1.807) is 12.1 Å². The molecule has 1 atom stereocenters. The molecule has 1 aromatic carbocycles. The fourth-order valence-corrected chi connectivity index (χ4v) is 1.84. The molecule has 0 saturated heterocycles. The molecule has 1 rings (SSSR count). The molecule has 0 saturated carbocycles. The monoisotopic (exact) mass is 258 g/mol. The molecule has 0 unspecified atom stereocenters. The van der Waals surface area contributed by atoms with Gasteiger partial charge in [-0.3, -0.25) is 0 Å². The van der Waals surface area contributed by atoms with E-state index in [1.807, 2.05) is 20.8 Å². The Balaban J connectivity index is 3.14. The van der Waals surface area contributed by atoms with Crippen molar-refractivity contribution in [3.05, 3.63) is 22.7 Å². The van der Waals surface area contributed by atoms with Gasteiger partial charge < -0.3 is 14.6 Å². The molecule has 0 aliphatic carbocycles. The van der Waals surface area contributed by atoms with Crippen molar-refractivity contribution in [2.24, 2.45) is 0 Å². The Morgan fingerprint density at radius 2 is 1.65 bits per heavy atom. The summed E-state index contributed by atoms with van der Waals surface area (Å²) in [6.45, 7) is 6.80. The number of ether oxygens (including phenoxy) is 2. The highest BCUT2D eigenvalue weighted by Crippen LogP contribution is 2.36. The van der Waals surface area contributed by atoms with Gasteiger partial charge in [-0.25, -0.2) is 0 Å². The highest BCUT2D eigenvalue weighted by molar-refractivity contribution is 6.31. The average molecular weight is 259 g/mol. The lowest BCUT2D eigenvalue weighted by molar-refractivity contribution is 0.173. The van der Waals surface area contributed by atoms with Crippen molar-refractivity contribution in [1.82, 2.24) is 0 Å². The molecule has 1 N–H and O–H groups in total. The first-order valence-corrected chi connectivity index (χ1v) is 6.28. The van der Waals surface area contributed by atoms with Gasteiger partial charge in [-0.2, -0.15) is 0 Å². The van der Waals surface area contributed by atoms with Gasteiger partial charge in [0.1, 0.15) is 0 Å². The topological polar surface area (TPSA) is 38.7 Å². The summed E-state index contributed by atoms with van der Waals surface area (Å²) in [7, 11) is 0. The van der Waals surface area contributed by atoms with Gasteiger partial charge in [0.05, 0.1) is 24.3 Å². The number of hydrogen-bond donors (Lipinski definition) is 1. The first kappa shape index (κ1) is 14.1. The minimum atomic E-state index is -0.572. The van der Waals surface area contributed by atoms with Crippen LogP contribution in [0.2, 0.25) is 5.02 Å². The molecule has 4 heteroatoms. The molecule has 0 radical (unpaired) electrons. The Bertz CT molecular complexity index is 366. The van der Waals surface area contributed by atoms with Crippen LogP contribution in [-0.2, 0) is 0 Å². The number of aliphatic hydroxyl groups excluding tert-OH is 1. The Hall–Kier alpha value is -0.930. The maximum atomic E-state index is 9.84. The van der Waals surface area contributed by atoms with Crippen molar-refractivity contribution in [2.75, 3.05) is 13.2 Å². The molecule has 0 fully saturated rings. The highest BCUT2D eigenvalue weighted by Gasteiger charge is 2.15. The van der Waals surface area contributed by atoms with Gasteiger partial charge in [-0.15, -0.1) is 0 Å². The molecular formula is C13H19ClO3. The van der Waals surface area contributed by atoms with Gasteiger partial charge in [0.2, 0.25) is 0 Å². The van der Waals surface area contributed by atoms with Crippen LogP contribution in [0.25, 0.3) is 0 Å². The minimum absolute atomic E-state index is 0.506. The third-order valence-corrected chi connectivity index (χ3v) is 2.74. The largest absolute Gasteiger partial charge is 0.490 e. The third kappa shape index (κ3) is 3.51. The average Bonchev–Trinajstić information content (AvgIpc) is 2.32. The smallest absolute Gasteiger partial charge is 0.162 e. The molecule has 0 aliphatic heterocycles. The van der Waals surface area contributed by atoms with E-state index in [-0.39, 0.29) is 0 Å². The summed E-state index contributed by atoms with van der Waals surface area (Å²) in [5.41, 5.74) is 0.682. The first-order chi connectivity index (χ1) is 8.13.